The van der Waals surface area contributed by atoms with E-state index in [2.05, 4.69) is 0 Å². The van der Waals surface area contributed by atoms with E-state index in [9.17, 15) is 9.59 Å². The molecule has 0 aliphatic carbocycles. The van der Waals surface area contributed by atoms with Crippen LogP contribution in [0.25, 0.3) is 0 Å². The van der Waals surface area contributed by atoms with E-state index in [1.54, 1.807) is 20.8 Å². The maximum absolute atomic E-state index is 11.8. The van der Waals surface area contributed by atoms with E-state index in [0.717, 1.165) is 6.08 Å². The maximum atomic E-state index is 11.8. The van der Waals surface area contributed by atoms with Crippen LogP contribution < -0.4 is 0 Å². The maximum Gasteiger partial charge on any atom is 0.328 e. The van der Waals surface area contributed by atoms with Crippen molar-refractivity contribution in [1.82, 2.24) is 0 Å². The van der Waals surface area contributed by atoms with Crippen LogP contribution >= 0.6 is 0 Å². The van der Waals surface area contributed by atoms with Gasteiger partial charge < -0.3 is 9.53 Å². The molecule has 0 aromatic heterocycles. The summed E-state index contributed by atoms with van der Waals surface area (Å²) in [6.07, 6.45) is 0.933. The average molecular weight is 244 g/mol. The predicted octanol–water partition coefficient (Wildman–Crippen LogP) is 2.42. The van der Waals surface area contributed by atoms with Crippen LogP contribution in [-0.4, -0.2) is 25.4 Å². The summed E-state index contributed by atoms with van der Waals surface area (Å²) in [4.78, 5) is 22.5. The number of carbonyl (C=O) groups is 2. The molecule has 0 amide bonds. The third-order valence-corrected chi connectivity index (χ3v) is 2.49. The third-order valence-electron chi connectivity index (χ3n) is 1.69. The summed E-state index contributed by atoms with van der Waals surface area (Å²) in [6, 6.07) is 0. The van der Waals surface area contributed by atoms with Gasteiger partial charge in [-0.25, -0.2) is 9.59 Å². The molecule has 92 valence electrons. The predicted molar refractivity (Wildman–Crippen MR) is 64.6 cm³/mol. The molecule has 0 aromatic carbocycles. The normalized spacial score (nSPS) is 13.5. The summed E-state index contributed by atoms with van der Waals surface area (Å²) in [5, 5.41) is 8.72. The van der Waals surface area contributed by atoms with Crippen molar-refractivity contribution in [3.63, 3.8) is 0 Å². The zero-order chi connectivity index (χ0) is 13.1. The minimum Gasteiger partial charge on any atom is -0.517 e. The Balaban J connectivity index is 5.10. The second kappa shape index (κ2) is 4.82. The van der Waals surface area contributed by atoms with E-state index >= 15 is 0 Å². The molecule has 0 atom stereocenters. The largest absolute Gasteiger partial charge is 0.517 e. The number of carboxylic acids is 1. The molecule has 0 aromatic rings. The van der Waals surface area contributed by atoms with Crippen LogP contribution in [0.1, 0.15) is 20.8 Å². The van der Waals surface area contributed by atoms with Gasteiger partial charge in [-0.05, 0) is 25.1 Å². The summed E-state index contributed by atoms with van der Waals surface area (Å²) >= 11 is 0. The molecule has 0 saturated carbocycles. The van der Waals surface area contributed by atoms with Crippen molar-refractivity contribution in [2.45, 2.75) is 40.4 Å². The van der Waals surface area contributed by atoms with Gasteiger partial charge in [-0.1, -0.05) is 20.8 Å². The molecular weight excluding hydrogens is 224 g/mol. The van der Waals surface area contributed by atoms with Gasteiger partial charge in [0, 0.05) is 11.6 Å². The van der Waals surface area contributed by atoms with Gasteiger partial charge in [0.05, 0.1) is 0 Å². The van der Waals surface area contributed by atoms with Crippen LogP contribution in [0.15, 0.2) is 11.6 Å². The minimum atomic E-state index is -2.00. The molecule has 0 aliphatic heterocycles. The van der Waals surface area contributed by atoms with E-state index in [1.165, 1.54) is 0 Å². The molecule has 4 nitrogen and oxygen atoms in total. The standard InChI is InChI=1S/C11H20O4Si/c1-11(2,3)8(7-9(12)13)10(14)15-16(4,5)6/h7H,1-6H3,(H,12,13). The van der Waals surface area contributed by atoms with Crippen LogP contribution in [0, 0.1) is 5.41 Å². The second-order valence-electron chi connectivity index (χ2n) is 5.65. The lowest BCUT2D eigenvalue weighted by atomic mass is 9.86. The van der Waals surface area contributed by atoms with Gasteiger partial charge in [0.25, 0.3) is 0 Å². The first-order chi connectivity index (χ1) is 6.93. The van der Waals surface area contributed by atoms with Gasteiger partial charge in [0.1, 0.15) is 0 Å². The Bertz CT molecular complexity index is 318. The van der Waals surface area contributed by atoms with E-state index < -0.39 is 25.7 Å². The molecule has 5 heteroatoms. The van der Waals surface area contributed by atoms with Gasteiger partial charge in [-0.2, -0.15) is 0 Å². The van der Waals surface area contributed by atoms with Crippen molar-refractivity contribution < 1.29 is 19.1 Å². The Morgan fingerprint density at radius 3 is 1.88 bits per heavy atom. The Hall–Kier alpha value is -1.10. The lowest BCUT2D eigenvalue weighted by Gasteiger charge is -2.25. The van der Waals surface area contributed by atoms with Gasteiger partial charge in [-0.3, -0.25) is 0 Å². The third kappa shape index (κ3) is 5.70. The van der Waals surface area contributed by atoms with Crippen LogP contribution in [0.3, 0.4) is 0 Å². The molecule has 0 heterocycles. The highest BCUT2D eigenvalue weighted by Crippen LogP contribution is 2.27. The Labute approximate surface area is 97.4 Å². The summed E-state index contributed by atoms with van der Waals surface area (Å²) in [5.41, 5.74) is -0.336. The summed E-state index contributed by atoms with van der Waals surface area (Å²) < 4.78 is 5.30. The number of rotatable bonds is 3. The average Bonchev–Trinajstić information content (AvgIpc) is 1.93. The SMILES string of the molecule is CC(C)(C)C(=CC(=O)O)C(=O)O[Si](C)(C)C. The number of hydrogen-bond acceptors (Lipinski definition) is 3. The quantitative estimate of drug-likeness (QED) is 0.611. The first kappa shape index (κ1) is 14.9. The lowest BCUT2D eigenvalue weighted by molar-refractivity contribution is -0.134. The lowest BCUT2D eigenvalue weighted by Crippen LogP contribution is -2.33. The first-order valence-corrected chi connectivity index (χ1v) is 8.53. The topological polar surface area (TPSA) is 63.6 Å². The monoisotopic (exact) mass is 244 g/mol. The molecule has 0 radical (unpaired) electrons. The second-order valence-corrected chi connectivity index (χ2v) is 10.1. The molecule has 1 N–H and O–H groups in total. The fraction of sp³-hybridized carbons (Fsp3) is 0.636. The van der Waals surface area contributed by atoms with Gasteiger partial charge in [0.15, 0.2) is 0 Å². The van der Waals surface area contributed by atoms with Crippen molar-refractivity contribution in [2.24, 2.45) is 5.41 Å². The Morgan fingerprint density at radius 2 is 1.62 bits per heavy atom. The highest BCUT2D eigenvalue weighted by molar-refractivity contribution is 6.71. The van der Waals surface area contributed by atoms with Gasteiger partial charge >= 0.3 is 11.9 Å². The molecule has 0 bridgehead atoms. The first-order valence-electron chi connectivity index (χ1n) is 5.12. The van der Waals surface area contributed by atoms with Crippen molar-refractivity contribution in [1.29, 1.82) is 0 Å². The smallest absolute Gasteiger partial charge is 0.328 e. The molecule has 0 rings (SSSR count). The Kier molecular flexibility index (Phi) is 4.49. The van der Waals surface area contributed by atoms with E-state index in [-0.39, 0.29) is 5.57 Å². The zero-order valence-electron chi connectivity index (χ0n) is 10.7. The van der Waals surface area contributed by atoms with Crippen LogP contribution in [0.4, 0.5) is 0 Å². The van der Waals surface area contributed by atoms with Crippen LogP contribution in [-0.2, 0) is 14.0 Å². The van der Waals surface area contributed by atoms with Gasteiger partial charge in [0.2, 0.25) is 8.32 Å². The van der Waals surface area contributed by atoms with Crippen molar-refractivity contribution in [3.05, 3.63) is 11.6 Å². The molecular formula is C11H20O4Si. The van der Waals surface area contributed by atoms with Crippen molar-refractivity contribution >= 4 is 20.3 Å². The number of hydrogen-bond donors (Lipinski definition) is 1. The highest BCUT2D eigenvalue weighted by atomic mass is 28.4. The molecule has 0 spiro atoms. The Morgan fingerprint density at radius 1 is 1.19 bits per heavy atom. The summed E-state index contributed by atoms with van der Waals surface area (Å²) in [7, 11) is -2.00. The number of carboxylic acid groups (broad SMARTS) is 1. The molecule has 0 saturated heterocycles. The molecule has 16 heavy (non-hydrogen) atoms. The van der Waals surface area contributed by atoms with Crippen molar-refractivity contribution in [2.75, 3.05) is 0 Å². The van der Waals surface area contributed by atoms with E-state index in [1.807, 2.05) is 19.6 Å². The fourth-order valence-corrected chi connectivity index (χ4v) is 1.70. The molecule has 0 unspecified atom stereocenters. The van der Waals surface area contributed by atoms with E-state index in [0.29, 0.717) is 0 Å². The van der Waals surface area contributed by atoms with E-state index in [4.69, 9.17) is 9.53 Å². The molecule has 0 aliphatic rings. The number of aliphatic carboxylic acids is 1. The zero-order valence-corrected chi connectivity index (χ0v) is 11.7. The number of carbonyl (C=O) groups excluding carboxylic acids is 1. The summed E-state index contributed by atoms with van der Waals surface area (Å²) in [5.74, 6) is -1.65. The summed E-state index contributed by atoms with van der Waals surface area (Å²) in [6.45, 7) is 11.0. The molecule has 0 fully saturated rings. The van der Waals surface area contributed by atoms with Gasteiger partial charge in [-0.15, -0.1) is 0 Å². The minimum absolute atomic E-state index is 0.197. The van der Waals surface area contributed by atoms with Crippen LogP contribution in [0.5, 0.6) is 0 Å². The fourth-order valence-electron chi connectivity index (χ4n) is 1.04. The highest BCUT2D eigenvalue weighted by Gasteiger charge is 2.29. The van der Waals surface area contributed by atoms with Crippen molar-refractivity contribution in [3.8, 4) is 0 Å². The van der Waals surface area contributed by atoms with Crippen LogP contribution in [0.2, 0.25) is 19.6 Å².